The van der Waals surface area contributed by atoms with Crippen molar-refractivity contribution in [3.05, 3.63) is 23.8 Å². The van der Waals surface area contributed by atoms with Crippen molar-refractivity contribution in [3.63, 3.8) is 0 Å². The van der Waals surface area contributed by atoms with Gasteiger partial charge in [-0.05, 0) is 43.9 Å². The highest BCUT2D eigenvalue weighted by atomic mass is 32.2. The van der Waals surface area contributed by atoms with Crippen LogP contribution < -0.4 is 11.1 Å². The lowest BCUT2D eigenvalue weighted by Gasteiger charge is -2.14. The number of aryl methyl sites for hydroxylation is 1. The molecule has 3 N–H and O–H groups in total. The maximum Gasteiger partial charge on any atom is 0.230 e. The number of rotatable bonds is 8. The summed E-state index contributed by atoms with van der Waals surface area (Å²) < 4.78 is 0. The first-order valence-corrected chi connectivity index (χ1v) is 8.65. The molecule has 0 saturated heterocycles. The lowest BCUT2D eigenvalue weighted by atomic mass is 10.0. The van der Waals surface area contributed by atoms with E-state index in [9.17, 15) is 4.79 Å². The van der Waals surface area contributed by atoms with Crippen LogP contribution in [-0.4, -0.2) is 17.7 Å². The molecule has 0 spiro atoms. The summed E-state index contributed by atoms with van der Waals surface area (Å²) in [5.74, 6) is 1.23. The Kier molecular flexibility index (Phi) is 7.65. The van der Waals surface area contributed by atoms with Gasteiger partial charge in [-0.3, -0.25) is 4.79 Å². The first-order valence-electron chi connectivity index (χ1n) is 7.66. The van der Waals surface area contributed by atoms with Crippen molar-refractivity contribution in [1.82, 2.24) is 5.32 Å². The van der Waals surface area contributed by atoms with E-state index in [-0.39, 0.29) is 11.9 Å². The van der Waals surface area contributed by atoms with Gasteiger partial charge in [0.05, 0.1) is 5.75 Å². The fourth-order valence-corrected chi connectivity index (χ4v) is 2.92. The van der Waals surface area contributed by atoms with Crippen LogP contribution >= 0.6 is 11.8 Å². The minimum atomic E-state index is 0.0806. The molecule has 4 heteroatoms. The van der Waals surface area contributed by atoms with Crippen LogP contribution in [0.1, 0.15) is 45.6 Å². The summed E-state index contributed by atoms with van der Waals surface area (Å²) in [4.78, 5) is 12.9. The summed E-state index contributed by atoms with van der Waals surface area (Å²) in [6.07, 6.45) is 3.42. The van der Waals surface area contributed by atoms with Gasteiger partial charge in [0.25, 0.3) is 0 Å². The van der Waals surface area contributed by atoms with Gasteiger partial charge in [-0.25, -0.2) is 0 Å². The van der Waals surface area contributed by atoms with Crippen molar-refractivity contribution in [2.45, 2.75) is 57.9 Å². The molecular formula is C17H28N2OS. The van der Waals surface area contributed by atoms with E-state index < -0.39 is 0 Å². The second-order valence-corrected chi connectivity index (χ2v) is 7.14. The summed E-state index contributed by atoms with van der Waals surface area (Å²) in [7, 11) is 0. The first-order chi connectivity index (χ1) is 9.88. The molecule has 1 amide bonds. The van der Waals surface area contributed by atoms with Crippen molar-refractivity contribution in [2.24, 2.45) is 5.92 Å². The number of nitrogens with two attached hydrogens (primary N) is 1. The van der Waals surface area contributed by atoms with Gasteiger partial charge in [-0.1, -0.05) is 32.8 Å². The molecule has 0 radical (unpaired) electrons. The number of hydrogen-bond donors (Lipinski definition) is 2. The van der Waals surface area contributed by atoms with E-state index in [2.05, 4.69) is 26.1 Å². The summed E-state index contributed by atoms with van der Waals surface area (Å²) in [5.41, 5.74) is 7.84. The van der Waals surface area contributed by atoms with Crippen LogP contribution in [0.25, 0.3) is 0 Å². The standard InChI is InChI=1S/C17H28N2OS/c1-12(2)6-5-7-14(4)19-17(20)11-21-16-9-8-13(3)10-15(16)18/h8-10,12,14H,5-7,11,18H2,1-4H3,(H,19,20). The number of anilines is 1. The Labute approximate surface area is 133 Å². The van der Waals surface area contributed by atoms with Gasteiger partial charge in [0.15, 0.2) is 0 Å². The zero-order valence-electron chi connectivity index (χ0n) is 13.6. The maximum atomic E-state index is 11.9. The molecular weight excluding hydrogens is 280 g/mol. The van der Waals surface area contributed by atoms with Crippen molar-refractivity contribution < 1.29 is 4.79 Å². The molecule has 0 aliphatic heterocycles. The molecule has 1 rings (SSSR count). The zero-order chi connectivity index (χ0) is 15.8. The third-order valence-electron chi connectivity index (χ3n) is 3.35. The minimum Gasteiger partial charge on any atom is -0.398 e. The van der Waals surface area contributed by atoms with Crippen molar-refractivity contribution >= 4 is 23.4 Å². The zero-order valence-corrected chi connectivity index (χ0v) is 14.4. The predicted octanol–water partition coefficient (Wildman–Crippen LogP) is 4.00. The van der Waals surface area contributed by atoms with Crippen LogP contribution in [0.2, 0.25) is 0 Å². The average molecular weight is 308 g/mol. The van der Waals surface area contributed by atoms with E-state index in [4.69, 9.17) is 5.73 Å². The molecule has 1 unspecified atom stereocenters. The van der Waals surface area contributed by atoms with Crippen molar-refractivity contribution in [2.75, 3.05) is 11.5 Å². The van der Waals surface area contributed by atoms with Gasteiger partial charge < -0.3 is 11.1 Å². The minimum absolute atomic E-state index is 0.0806. The van der Waals surface area contributed by atoms with Gasteiger partial charge in [0.1, 0.15) is 0 Å². The molecule has 0 fully saturated rings. The smallest absolute Gasteiger partial charge is 0.230 e. The first kappa shape index (κ1) is 17.9. The average Bonchev–Trinajstić information content (AvgIpc) is 2.37. The third kappa shape index (κ3) is 7.42. The molecule has 0 aliphatic rings. The van der Waals surface area contributed by atoms with Gasteiger partial charge >= 0.3 is 0 Å². The molecule has 0 aliphatic carbocycles. The highest BCUT2D eigenvalue weighted by molar-refractivity contribution is 8.00. The molecule has 21 heavy (non-hydrogen) atoms. The number of thioether (sulfide) groups is 1. The molecule has 1 atom stereocenters. The molecule has 0 aromatic heterocycles. The SMILES string of the molecule is Cc1ccc(SCC(=O)NC(C)CCCC(C)C)c(N)c1. The van der Waals surface area contributed by atoms with E-state index >= 15 is 0 Å². The summed E-state index contributed by atoms with van der Waals surface area (Å²) in [5, 5.41) is 3.05. The van der Waals surface area contributed by atoms with Crippen LogP contribution in [0.5, 0.6) is 0 Å². The van der Waals surface area contributed by atoms with Crippen molar-refractivity contribution in [3.8, 4) is 0 Å². The number of nitrogen functional groups attached to an aromatic ring is 1. The molecule has 118 valence electrons. The van der Waals surface area contributed by atoms with E-state index in [0.717, 1.165) is 34.9 Å². The molecule has 3 nitrogen and oxygen atoms in total. The summed E-state index contributed by atoms with van der Waals surface area (Å²) in [6, 6.07) is 6.18. The van der Waals surface area contributed by atoms with Crippen LogP contribution in [0.15, 0.2) is 23.1 Å². The molecule has 0 saturated carbocycles. The number of hydrogen-bond acceptors (Lipinski definition) is 3. The molecule has 1 aromatic carbocycles. The van der Waals surface area contributed by atoms with Gasteiger partial charge in [0.2, 0.25) is 5.91 Å². The topological polar surface area (TPSA) is 55.1 Å². The van der Waals surface area contributed by atoms with Crippen molar-refractivity contribution in [1.29, 1.82) is 0 Å². The van der Waals surface area contributed by atoms with Crippen LogP contribution in [0.4, 0.5) is 5.69 Å². The number of amides is 1. The van der Waals surface area contributed by atoms with Crippen LogP contribution in [0, 0.1) is 12.8 Å². The molecule has 0 bridgehead atoms. The Balaban J connectivity index is 2.30. The van der Waals surface area contributed by atoms with Gasteiger partial charge in [-0.2, -0.15) is 0 Å². The van der Waals surface area contributed by atoms with E-state index in [1.54, 1.807) is 0 Å². The Hall–Kier alpha value is -1.16. The Morgan fingerprint density at radius 2 is 2.00 bits per heavy atom. The molecule has 0 heterocycles. The molecule has 1 aromatic rings. The fraction of sp³-hybridized carbons (Fsp3) is 0.588. The Morgan fingerprint density at radius 1 is 1.29 bits per heavy atom. The van der Waals surface area contributed by atoms with Gasteiger partial charge in [0, 0.05) is 16.6 Å². The van der Waals surface area contributed by atoms with E-state index in [1.807, 2.05) is 25.1 Å². The quantitative estimate of drug-likeness (QED) is 0.564. The predicted molar refractivity (Wildman–Crippen MR) is 92.6 cm³/mol. The highest BCUT2D eigenvalue weighted by Crippen LogP contribution is 2.25. The van der Waals surface area contributed by atoms with E-state index in [1.165, 1.54) is 18.2 Å². The fourth-order valence-electron chi connectivity index (χ4n) is 2.16. The largest absolute Gasteiger partial charge is 0.398 e. The Morgan fingerprint density at radius 3 is 2.62 bits per heavy atom. The maximum absolute atomic E-state index is 11.9. The second kappa shape index (κ2) is 8.98. The van der Waals surface area contributed by atoms with Gasteiger partial charge in [-0.15, -0.1) is 11.8 Å². The number of nitrogens with one attached hydrogen (secondary N) is 1. The monoisotopic (exact) mass is 308 g/mol. The summed E-state index contributed by atoms with van der Waals surface area (Å²) >= 11 is 1.50. The number of carbonyl (C=O) groups excluding carboxylic acids is 1. The highest BCUT2D eigenvalue weighted by Gasteiger charge is 2.09. The second-order valence-electron chi connectivity index (χ2n) is 6.12. The normalized spacial score (nSPS) is 12.4. The van der Waals surface area contributed by atoms with Crippen LogP contribution in [0.3, 0.4) is 0 Å². The summed E-state index contributed by atoms with van der Waals surface area (Å²) in [6.45, 7) is 8.54. The Bertz CT molecular complexity index is 460. The van der Waals surface area contributed by atoms with Crippen LogP contribution in [-0.2, 0) is 4.79 Å². The number of benzene rings is 1. The van der Waals surface area contributed by atoms with E-state index in [0.29, 0.717) is 5.75 Å². The third-order valence-corrected chi connectivity index (χ3v) is 4.44. The number of carbonyl (C=O) groups is 1. The lowest BCUT2D eigenvalue weighted by Crippen LogP contribution is -2.33. The lowest BCUT2D eigenvalue weighted by molar-refractivity contribution is -0.119.